The summed E-state index contributed by atoms with van der Waals surface area (Å²) in [5.41, 5.74) is 0.879. The molecule has 19 heavy (non-hydrogen) atoms. The Kier molecular flexibility index (Phi) is 3.19. The highest BCUT2D eigenvalue weighted by Crippen LogP contribution is 2.34. The van der Waals surface area contributed by atoms with Gasteiger partial charge in [0, 0.05) is 24.8 Å². The lowest BCUT2D eigenvalue weighted by Gasteiger charge is -2.21. The highest BCUT2D eigenvalue weighted by molar-refractivity contribution is 5.84. The average Bonchev–Trinajstić information content (AvgIpc) is 3.08. The minimum Gasteiger partial charge on any atom is -0.454 e. The topological polar surface area (TPSA) is 50.8 Å². The number of benzene rings is 1. The number of amides is 1. The van der Waals surface area contributed by atoms with Crippen molar-refractivity contribution in [2.75, 3.05) is 25.2 Å². The molecule has 1 fully saturated rings. The summed E-state index contributed by atoms with van der Waals surface area (Å²) in [7, 11) is 0. The first-order valence-corrected chi connectivity index (χ1v) is 6.69. The first-order chi connectivity index (χ1) is 9.24. The summed E-state index contributed by atoms with van der Waals surface area (Å²) < 4.78 is 10.6. The summed E-state index contributed by atoms with van der Waals surface area (Å²) in [6, 6.07) is 5.41. The van der Waals surface area contributed by atoms with Crippen molar-refractivity contribution in [2.45, 2.75) is 25.8 Å². The van der Waals surface area contributed by atoms with Gasteiger partial charge in [0.25, 0.3) is 0 Å². The molecule has 3 rings (SSSR count). The van der Waals surface area contributed by atoms with E-state index in [1.807, 2.05) is 30.0 Å². The number of likely N-dealkylation sites (tertiary alicyclic amines) is 1. The fourth-order valence-corrected chi connectivity index (χ4v) is 2.51. The lowest BCUT2D eigenvalue weighted by atomic mass is 10.2. The molecule has 5 nitrogen and oxygen atoms in total. The summed E-state index contributed by atoms with van der Waals surface area (Å²) in [5, 5.41) is 3.22. The predicted molar refractivity (Wildman–Crippen MR) is 71.5 cm³/mol. The van der Waals surface area contributed by atoms with E-state index in [2.05, 4.69) is 5.32 Å². The molecule has 1 amide bonds. The predicted octanol–water partition coefficient (Wildman–Crippen LogP) is 1.84. The summed E-state index contributed by atoms with van der Waals surface area (Å²) in [6.07, 6.45) is 2.23. The van der Waals surface area contributed by atoms with E-state index in [-0.39, 0.29) is 18.7 Å². The third-order valence-corrected chi connectivity index (χ3v) is 3.54. The Balaban J connectivity index is 1.65. The zero-order valence-electron chi connectivity index (χ0n) is 11.0. The normalized spacial score (nSPS) is 18.5. The molecule has 0 radical (unpaired) electrons. The lowest BCUT2D eigenvalue weighted by Crippen LogP contribution is -2.39. The van der Waals surface area contributed by atoms with Gasteiger partial charge in [-0.3, -0.25) is 4.79 Å². The zero-order chi connectivity index (χ0) is 13.2. The minimum absolute atomic E-state index is 0.162. The Morgan fingerprint density at radius 1 is 1.26 bits per heavy atom. The van der Waals surface area contributed by atoms with E-state index in [0.29, 0.717) is 0 Å². The van der Waals surface area contributed by atoms with Crippen LogP contribution in [0.15, 0.2) is 18.2 Å². The molecule has 0 aromatic heterocycles. The molecule has 1 unspecified atom stereocenters. The Hall–Kier alpha value is -1.91. The molecule has 0 spiro atoms. The van der Waals surface area contributed by atoms with Gasteiger partial charge in [0.1, 0.15) is 6.04 Å². The van der Waals surface area contributed by atoms with Gasteiger partial charge < -0.3 is 19.7 Å². The van der Waals surface area contributed by atoms with Crippen LogP contribution in [0.1, 0.15) is 19.8 Å². The second-order valence-corrected chi connectivity index (χ2v) is 4.97. The van der Waals surface area contributed by atoms with Crippen LogP contribution in [0.4, 0.5) is 5.69 Å². The number of hydrogen-bond donors (Lipinski definition) is 1. The molecule has 0 aliphatic carbocycles. The highest BCUT2D eigenvalue weighted by atomic mass is 16.7. The molecule has 1 aromatic rings. The first-order valence-electron chi connectivity index (χ1n) is 6.69. The van der Waals surface area contributed by atoms with E-state index in [4.69, 9.17) is 9.47 Å². The molecule has 2 aliphatic rings. The minimum atomic E-state index is -0.224. The van der Waals surface area contributed by atoms with Crippen molar-refractivity contribution in [2.24, 2.45) is 0 Å². The number of carbonyl (C=O) groups is 1. The van der Waals surface area contributed by atoms with E-state index in [1.54, 1.807) is 0 Å². The van der Waals surface area contributed by atoms with Gasteiger partial charge in [-0.1, -0.05) is 0 Å². The Bertz CT molecular complexity index is 484. The number of carbonyl (C=O) groups excluding carboxylic acids is 1. The molecule has 5 heteroatoms. The van der Waals surface area contributed by atoms with Crippen LogP contribution in [0.2, 0.25) is 0 Å². The summed E-state index contributed by atoms with van der Waals surface area (Å²) >= 11 is 0. The maximum absolute atomic E-state index is 12.2. The Labute approximate surface area is 112 Å². The van der Waals surface area contributed by atoms with E-state index >= 15 is 0 Å². The van der Waals surface area contributed by atoms with Crippen molar-refractivity contribution in [3.8, 4) is 11.5 Å². The number of rotatable bonds is 3. The number of nitrogens with zero attached hydrogens (tertiary/aromatic N) is 1. The van der Waals surface area contributed by atoms with Gasteiger partial charge in [0.2, 0.25) is 12.7 Å². The molecule has 0 saturated carbocycles. The van der Waals surface area contributed by atoms with E-state index in [0.717, 1.165) is 43.1 Å². The maximum Gasteiger partial charge on any atom is 0.244 e. The Morgan fingerprint density at radius 3 is 2.79 bits per heavy atom. The van der Waals surface area contributed by atoms with E-state index in [9.17, 15) is 4.79 Å². The van der Waals surface area contributed by atoms with E-state index in [1.165, 1.54) is 0 Å². The van der Waals surface area contributed by atoms with Crippen molar-refractivity contribution in [1.29, 1.82) is 0 Å². The summed E-state index contributed by atoms with van der Waals surface area (Å²) in [5.74, 6) is 1.64. The molecular weight excluding hydrogens is 244 g/mol. The zero-order valence-corrected chi connectivity index (χ0v) is 11.0. The van der Waals surface area contributed by atoms with Crippen LogP contribution in [0, 0.1) is 0 Å². The highest BCUT2D eigenvalue weighted by Gasteiger charge is 2.23. The number of hydrogen-bond acceptors (Lipinski definition) is 4. The molecule has 102 valence electrons. The molecule has 2 aliphatic heterocycles. The van der Waals surface area contributed by atoms with Crippen LogP contribution in [0.25, 0.3) is 0 Å². The number of anilines is 1. The van der Waals surface area contributed by atoms with Crippen LogP contribution in [0.5, 0.6) is 11.5 Å². The van der Waals surface area contributed by atoms with Gasteiger partial charge in [-0.2, -0.15) is 0 Å². The van der Waals surface area contributed by atoms with Gasteiger partial charge in [-0.05, 0) is 31.9 Å². The van der Waals surface area contributed by atoms with Crippen molar-refractivity contribution in [3.05, 3.63) is 18.2 Å². The quantitative estimate of drug-likeness (QED) is 0.903. The van der Waals surface area contributed by atoms with Gasteiger partial charge >= 0.3 is 0 Å². The molecule has 1 N–H and O–H groups in total. The molecule has 1 aromatic carbocycles. The van der Waals surface area contributed by atoms with Crippen molar-refractivity contribution in [1.82, 2.24) is 4.90 Å². The monoisotopic (exact) mass is 262 g/mol. The van der Waals surface area contributed by atoms with E-state index < -0.39 is 0 Å². The van der Waals surface area contributed by atoms with Gasteiger partial charge in [0.05, 0.1) is 0 Å². The smallest absolute Gasteiger partial charge is 0.244 e. The fraction of sp³-hybridized carbons (Fsp3) is 0.500. The van der Waals surface area contributed by atoms with Crippen LogP contribution < -0.4 is 14.8 Å². The van der Waals surface area contributed by atoms with Crippen LogP contribution in [0.3, 0.4) is 0 Å². The molecular formula is C14H18N2O3. The summed E-state index contributed by atoms with van der Waals surface area (Å²) in [6.45, 7) is 3.92. The number of ether oxygens (including phenoxy) is 2. The third kappa shape index (κ3) is 2.45. The average molecular weight is 262 g/mol. The molecule has 1 saturated heterocycles. The van der Waals surface area contributed by atoms with Crippen LogP contribution >= 0.6 is 0 Å². The fourth-order valence-electron chi connectivity index (χ4n) is 2.51. The number of nitrogens with one attached hydrogen (secondary N) is 1. The van der Waals surface area contributed by atoms with Crippen LogP contribution in [-0.2, 0) is 4.79 Å². The second kappa shape index (κ2) is 4.99. The largest absolute Gasteiger partial charge is 0.454 e. The molecule has 1 atom stereocenters. The molecule has 0 bridgehead atoms. The second-order valence-electron chi connectivity index (χ2n) is 4.97. The number of fused-ring (bicyclic) bond motifs is 1. The maximum atomic E-state index is 12.2. The first kappa shape index (κ1) is 12.1. The Morgan fingerprint density at radius 2 is 2.00 bits per heavy atom. The van der Waals surface area contributed by atoms with Gasteiger partial charge in [-0.15, -0.1) is 0 Å². The van der Waals surface area contributed by atoms with Crippen molar-refractivity contribution >= 4 is 11.6 Å². The van der Waals surface area contributed by atoms with Crippen molar-refractivity contribution < 1.29 is 14.3 Å². The van der Waals surface area contributed by atoms with Gasteiger partial charge in [-0.25, -0.2) is 0 Å². The molecule has 2 heterocycles. The van der Waals surface area contributed by atoms with Gasteiger partial charge in [0.15, 0.2) is 11.5 Å². The lowest BCUT2D eigenvalue weighted by molar-refractivity contribution is -0.130. The van der Waals surface area contributed by atoms with Crippen molar-refractivity contribution in [3.63, 3.8) is 0 Å². The van der Waals surface area contributed by atoms with Crippen LogP contribution in [-0.4, -0.2) is 36.7 Å². The standard InChI is InChI=1S/C14H18N2O3/c1-10(14(17)16-6-2-3-7-16)15-11-4-5-12-13(8-11)19-9-18-12/h4-5,8,10,15H,2-3,6-7,9H2,1H3. The SMILES string of the molecule is CC(Nc1ccc2c(c1)OCO2)C(=O)N1CCCC1. The summed E-state index contributed by atoms with van der Waals surface area (Å²) in [4.78, 5) is 14.1. The third-order valence-electron chi connectivity index (χ3n) is 3.54.